The molecule has 0 bridgehead atoms. The number of anilines is 1. The average molecular weight is 302 g/mol. The fourth-order valence-electron chi connectivity index (χ4n) is 2.91. The van der Waals surface area contributed by atoms with E-state index in [1.165, 1.54) is 19.3 Å². The molecule has 0 radical (unpaired) electrons. The van der Waals surface area contributed by atoms with E-state index in [0.29, 0.717) is 19.1 Å². The summed E-state index contributed by atoms with van der Waals surface area (Å²) in [6.45, 7) is 1.26. The van der Waals surface area contributed by atoms with Crippen LogP contribution in [0, 0.1) is 0 Å². The lowest BCUT2D eigenvalue weighted by molar-refractivity contribution is 0.251. The first-order chi connectivity index (χ1) is 10.8. The molecular formula is C15H22N6O. The molecule has 0 aromatic carbocycles. The van der Waals surface area contributed by atoms with Crippen molar-refractivity contribution >= 4 is 11.8 Å². The van der Waals surface area contributed by atoms with Crippen molar-refractivity contribution in [2.24, 2.45) is 0 Å². The Balaban J connectivity index is 1.50. The SMILES string of the molecule is O=C(NCCn1ccnc1)Nc1ccnn1C1CCCCC1. The van der Waals surface area contributed by atoms with Gasteiger partial charge in [0.2, 0.25) is 0 Å². The Kier molecular flexibility index (Phi) is 4.72. The van der Waals surface area contributed by atoms with Crippen molar-refractivity contribution in [2.75, 3.05) is 11.9 Å². The van der Waals surface area contributed by atoms with Crippen molar-refractivity contribution in [3.05, 3.63) is 31.0 Å². The van der Waals surface area contributed by atoms with Crippen molar-refractivity contribution in [1.82, 2.24) is 24.6 Å². The molecule has 0 saturated heterocycles. The van der Waals surface area contributed by atoms with Crippen LogP contribution >= 0.6 is 0 Å². The molecule has 2 heterocycles. The molecule has 0 unspecified atom stereocenters. The lowest BCUT2D eigenvalue weighted by Crippen LogP contribution is -2.32. The zero-order chi connectivity index (χ0) is 15.2. The molecule has 1 fully saturated rings. The van der Waals surface area contributed by atoms with Crippen molar-refractivity contribution < 1.29 is 4.79 Å². The zero-order valence-electron chi connectivity index (χ0n) is 12.6. The number of nitrogens with one attached hydrogen (secondary N) is 2. The number of amides is 2. The van der Waals surface area contributed by atoms with Crippen LogP contribution in [0.5, 0.6) is 0 Å². The van der Waals surface area contributed by atoms with E-state index in [2.05, 4.69) is 20.7 Å². The molecule has 2 aromatic heterocycles. The summed E-state index contributed by atoms with van der Waals surface area (Å²) in [5.74, 6) is 0.770. The van der Waals surface area contributed by atoms with Gasteiger partial charge in [0.15, 0.2) is 0 Å². The maximum absolute atomic E-state index is 12.0. The van der Waals surface area contributed by atoms with Crippen LogP contribution in [0.3, 0.4) is 0 Å². The molecule has 3 rings (SSSR count). The number of hydrogen-bond donors (Lipinski definition) is 2. The van der Waals surface area contributed by atoms with Crippen LogP contribution in [0.25, 0.3) is 0 Å². The Hall–Kier alpha value is -2.31. The third-order valence-corrected chi connectivity index (χ3v) is 4.05. The highest BCUT2D eigenvalue weighted by molar-refractivity contribution is 5.88. The minimum absolute atomic E-state index is 0.197. The highest BCUT2D eigenvalue weighted by Gasteiger charge is 2.18. The standard InChI is InChI=1S/C15H22N6O/c22-15(17-9-11-20-10-8-16-12-20)19-14-6-7-18-21(14)13-4-2-1-3-5-13/h6-8,10,12-13H,1-5,9,11H2,(H2,17,19,22). The number of imidazole rings is 1. The molecule has 0 atom stereocenters. The summed E-state index contributed by atoms with van der Waals surface area (Å²) in [7, 11) is 0. The quantitative estimate of drug-likeness (QED) is 0.890. The highest BCUT2D eigenvalue weighted by atomic mass is 16.2. The molecule has 118 valence electrons. The van der Waals surface area contributed by atoms with Crippen LogP contribution in [0.1, 0.15) is 38.1 Å². The molecule has 0 spiro atoms. The maximum atomic E-state index is 12.0. The minimum Gasteiger partial charge on any atom is -0.336 e. The molecule has 0 aliphatic heterocycles. The number of urea groups is 1. The van der Waals surface area contributed by atoms with E-state index >= 15 is 0 Å². The normalized spacial score (nSPS) is 15.6. The van der Waals surface area contributed by atoms with Gasteiger partial charge >= 0.3 is 6.03 Å². The van der Waals surface area contributed by atoms with Crippen molar-refractivity contribution in [3.8, 4) is 0 Å². The number of rotatable bonds is 5. The summed E-state index contributed by atoms with van der Waals surface area (Å²) in [6, 6.07) is 2.06. The second-order valence-electron chi connectivity index (χ2n) is 5.63. The Labute approximate surface area is 129 Å². The van der Waals surface area contributed by atoms with Gasteiger partial charge in [0.25, 0.3) is 0 Å². The topological polar surface area (TPSA) is 76.8 Å². The molecule has 22 heavy (non-hydrogen) atoms. The van der Waals surface area contributed by atoms with Gasteiger partial charge in [-0.2, -0.15) is 5.10 Å². The monoisotopic (exact) mass is 302 g/mol. The van der Waals surface area contributed by atoms with Crippen LogP contribution in [0.2, 0.25) is 0 Å². The molecule has 2 amide bonds. The second kappa shape index (κ2) is 7.11. The van der Waals surface area contributed by atoms with Crippen molar-refractivity contribution in [1.29, 1.82) is 0 Å². The van der Waals surface area contributed by atoms with E-state index in [-0.39, 0.29) is 6.03 Å². The lowest BCUT2D eigenvalue weighted by Gasteiger charge is -2.23. The van der Waals surface area contributed by atoms with Crippen LogP contribution in [-0.2, 0) is 6.54 Å². The van der Waals surface area contributed by atoms with E-state index in [0.717, 1.165) is 18.7 Å². The molecule has 7 heteroatoms. The van der Waals surface area contributed by atoms with Gasteiger partial charge in [-0.3, -0.25) is 5.32 Å². The first-order valence-corrected chi connectivity index (χ1v) is 7.87. The van der Waals surface area contributed by atoms with Crippen LogP contribution < -0.4 is 10.6 Å². The molecule has 2 aromatic rings. The van der Waals surface area contributed by atoms with Crippen LogP contribution in [0.15, 0.2) is 31.0 Å². The molecule has 7 nitrogen and oxygen atoms in total. The van der Waals surface area contributed by atoms with Crippen LogP contribution in [0.4, 0.5) is 10.6 Å². The smallest absolute Gasteiger partial charge is 0.320 e. The number of nitrogens with zero attached hydrogens (tertiary/aromatic N) is 4. The Morgan fingerprint density at radius 3 is 2.91 bits per heavy atom. The number of carbonyl (C=O) groups excluding carboxylic acids is 1. The average Bonchev–Trinajstić information content (AvgIpc) is 3.20. The lowest BCUT2D eigenvalue weighted by atomic mass is 9.96. The van der Waals surface area contributed by atoms with E-state index in [9.17, 15) is 4.79 Å². The predicted molar refractivity (Wildman–Crippen MR) is 83.6 cm³/mol. The summed E-state index contributed by atoms with van der Waals surface area (Å²) >= 11 is 0. The van der Waals surface area contributed by atoms with Gasteiger partial charge in [0, 0.05) is 31.5 Å². The van der Waals surface area contributed by atoms with Gasteiger partial charge in [-0.05, 0) is 12.8 Å². The molecule has 2 N–H and O–H groups in total. The van der Waals surface area contributed by atoms with E-state index in [4.69, 9.17) is 0 Å². The third-order valence-electron chi connectivity index (χ3n) is 4.05. The van der Waals surface area contributed by atoms with Crippen molar-refractivity contribution in [2.45, 2.75) is 44.7 Å². The number of aromatic nitrogens is 4. The highest BCUT2D eigenvalue weighted by Crippen LogP contribution is 2.29. The maximum Gasteiger partial charge on any atom is 0.320 e. The first kappa shape index (κ1) is 14.6. The fourth-order valence-corrected chi connectivity index (χ4v) is 2.91. The first-order valence-electron chi connectivity index (χ1n) is 7.87. The van der Waals surface area contributed by atoms with Gasteiger partial charge < -0.3 is 9.88 Å². The summed E-state index contributed by atoms with van der Waals surface area (Å²) < 4.78 is 3.88. The van der Waals surface area contributed by atoms with Gasteiger partial charge in [0.1, 0.15) is 5.82 Å². The minimum atomic E-state index is -0.197. The van der Waals surface area contributed by atoms with E-state index < -0.39 is 0 Å². The largest absolute Gasteiger partial charge is 0.336 e. The fraction of sp³-hybridized carbons (Fsp3) is 0.533. The second-order valence-corrected chi connectivity index (χ2v) is 5.63. The van der Waals surface area contributed by atoms with Crippen molar-refractivity contribution in [3.63, 3.8) is 0 Å². The van der Waals surface area contributed by atoms with Gasteiger partial charge in [-0.1, -0.05) is 19.3 Å². The van der Waals surface area contributed by atoms with Gasteiger partial charge in [-0.25, -0.2) is 14.5 Å². The van der Waals surface area contributed by atoms with E-state index in [1.54, 1.807) is 18.7 Å². The predicted octanol–water partition coefficient (Wildman–Crippen LogP) is 2.41. The zero-order valence-corrected chi connectivity index (χ0v) is 12.6. The number of hydrogen-bond acceptors (Lipinski definition) is 3. The van der Waals surface area contributed by atoms with Crippen LogP contribution in [-0.4, -0.2) is 31.9 Å². The summed E-state index contributed by atoms with van der Waals surface area (Å²) in [4.78, 5) is 16.0. The third kappa shape index (κ3) is 3.66. The van der Waals surface area contributed by atoms with Gasteiger partial charge in [0.05, 0.1) is 18.6 Å². The summed E-state index contributed by atoms with van der Waals surface area (Å²) in [5.41, 5.74) is 0. The number of carbonyl (C=O) groups is 1. The summed E-state index contributed by atoms with van der Waals surface area (Å²) in [5, 5.41) is 10.1. The Bertz CT molecular complexity index is 585. The Morgan fingerprint density at radius 2 is 2.14 bits per heavy atom. The molecule has 1 aliphatic carbocycles. The van der Waals surface area contributed by atoms with E-state index in [1.807, 2.05) is 21.5 Å². The Morgan fingerprint density at radius 1 is 1.27 bits per heavy atom. The van der Waals surface area contributed by atoms with Gasteiger partial charge in [-0.15, -0.1) is 0 Å². The molecule has 1 saturated carbocycles. The molecular weight excluding hydrogens is 280 g/mol. The molecule has 1 aliphatic rings. The summed E-state index contributed by atoms with van der Waals surface area (Å²) in [6.07, 6.45) is 13.1.